The van der Waals surface area contributed by atoms with Crippen LogP contribution >= 0.6 is 23.2 Å². The van der Waals surface area contributed by atoms with Crippen molar-refractivity contribution in [2.75, 3.05) is 12.3 Å². The van der Waals surface area contributed by atoms with Gasteiger partial charge in [0.1, 0.15) is 5.82 Å². The molecule has 1 aromatic heterocycles. The summed E-state index contributed by atoms with van der Waals surface area (Å²) in [5.41, 5.74) is 7.96. The molecule has 0 saturated carbocycles. The van der Waals surface area contributed by atoms with Crippen LogP contribution in [0, 0.1) is 0 Å². The van der Waals surface area contributed by atoms with Gasteiger partial charge in [-0.15, -0.1) is 0 Å². The van der Waals surface area contributed by atoms with E-state index in [9.17, 15) is 0 Å². The minimum Gasteiger partial charge on any atom is -0.383 e. The van der Waals surface area contributed by atoms with E-state index < -0.39 is 0 Å². The van der Waals surface area contributed by atoms with E-state index >= 15 is 0 Å². The summed E-state index contributed by atoms with van der Waals surface area (Å²) in [7, 11) is 0. The molecule has 1 heterocycles. The number of hydrogen-bond donors (Lipinski definition) is 2. The maximum atomic E-state index is 6.04. The highest BCUT2D eigenvalue weighted by atomic mass is 35.5. The zero-order valence-corrected chi connectivity index (χ0v) is 12.7. The standard InChI is InChI=1S/C15H17Cl2N3/c1-2-7-19-14(10-3-5-11(16)6-4-10)13-8-12(17)9-20-15(13)18/h3-6,8-9,14,19H,2,7H2,1H3,(H2,18,20). The average molecular weight is 310 g/mol. The fraction of sp³-hybridized carbons (Fsp3) is 0.267. The Morgan fingerprint density at radius 2 is 1.90 bits per heavy atom. The van der Waals surface area contributed by atoms with Crippen molar-refractivity contribution in [1.82, 2.24) is 10.3 Å². The van der Waals surface area contributed by atoms with Gasteiger partial charge in [0, 0.05) is 16.8 Å². The highest BCUT2D eigenvalue weighted by molar-refractivity contribution is 6.30. The quantitative estimate of drug-likeness (QED) is 0.875. The van der Waals surface area contributed by atoms with Gasteiger partial charge in [-0.1, -0.05) is 42.3 Å². The van der Waals surface area contributed by atoms with Crippen LogP contribution in [0.5, 0.6) is 0 Å². The number of nitrogens with one attached hydrogen (secondary N) is 1. The second-order valence-corrected chi connectivity index (χ2v) is 5.44. The third kappa shape index (κ3) is 3.63. The van der Waals surface area contributed by atoms with Gasteiger partial charge in [-0.3, -0.25) is 0 Å². The number of nitrogen functional groups attached to an aromatic ring is 1. The lowest BCUT2D eigenvalue weighted by Gasteiger charge is -2.21. The summed E-state index contributed by atoms with van der Waals surface area (Å²) < 4.78 is 0. The van der Waals surface area contributed by atoms with Gasteiger partial charge in [-0.05, 0) is 36.7 Å². The van der Waals surface area contributed by atoms with Crippen molar-refractivity contribution in [2.45, 2.75) is 19.4 Å². The number of hydrogen-bond acceptors (Lipinski definition) is 3. The maximum absolute atomic E-state index is 6.04. The predicted octanol–water partition coefficient (Wildman–Crippen LogP) is 4.06. The summed E-state index contributed by atoms with van der Waals surface area (Å²) in [6.07, 6.45) is 2.58. The Morgan fingerprint density at radius 1 is 1.20 bits per heavy atom. The van der Waals surface area contributed by atoms with Gasteiger partial charge in [0.15, 0.2) is 0 Å². The van der Waals surface area contributed by atoms with E-state index in [1.807, 2.05) is 30.3 Å². The average Bonchev–Trinajstić information content (AvgIpc) is 2.44. The molecule has 1 atom stereocenters. The smallest absolute Gasteiger partial charge is 0.128 e. The van der Waals surface area contributed by atoms with Crippen LogP contribution in [0.15, 0.2) is 36.5 Å². The number of rotatable bonds is 5. The third-order valence-electron chi connectivity index (χ3n) is 3.03. The predicted molar refractivity (Wildman–Crippen MR) is 85.2 cm³/mol. The second kappa shape index (κ2) is 6.93. The molecule has 0 fully saturated rings. The Bertz CT molecular complexity index is 570. The molecule has 0 saturated heterocycles. The van der Waals surface area contributed by atoms with E-state index in [4.69, 9.17) is 28.9 Å². The van der Waals surface area contributed by atoms with Crippen molar-refractivity contribution in [2.24, 2.45) is 0 Å². The Hall–Kier alpha value is -1.29. The van der Waals surface area contributed by atoms with E-state index in [2.05, 4.69) is 17.2 Å². The van der Waals surface area contributed by atoms with Gasteiger partial charge >= 0.3 is 0 Å². The molecule has 3 nitrogen and oxygen atoms in total. The maximum Gasteiger partial charge on any atom is 0.128 e. The largest absolute Gasteiger partial charge is 0.383 e. The van der Waals surface area contributed by atoms with Crippen LogP contribution in [0.2, 0.25) is 10.0 Å². The highest BCUT2D eigenvalue weighted by Crippen LogP contribution is 2.28. The molecule has 0 bridgehead atoms. The lowest BCUT2D eigenvalue weighted by atomic mass is 9.99. The van der Waals surface area contributed by atoms with Gasteiger partial charge in [-0.2, -0.15) is 0 Å². The number of nitrogens with two attached hydrogens (primary N) is 1. The van der Waals surface area contributed by atoms with Gasteiger partial charge in [0.05, 0.1) is 11.1 Å². The van der Waals surface area contributed by atoms with Crippen molar-refractivity contribution < 1.29 is 0 Å². The molecule has 20 heavy (non-hydrogen) atoms. The minimum absolute atomic E-state index is 0.0431. The first-order valence-corrected chi connectivity index (χ1v) is 7.27. The number of pyridine rings is 1. The molecule has 0 spiro atoms. The summed E-state index contributed by atoms with van der Waals surface area (Å²) in [5, 5.41) is 4.75. The van der Waals surface area contributed by atoms with Crippen molar-refractivity contribution in [3.8, 4) is 0 Å². The van der Waals surface area contributed by atoms with Gasteiger partial charge in [0.25, 0.3) is 0 Å². The Labute approximate surface area is 129 Å². The van der Waals surface area contributed by atoms with Crippen molar-refractivity contribution in [1.29, 1.82) is 0 Å². The molecule has 0 amide bonds. The normalized spacial score (nSPS) is 12.3. The van der Waals surface area contributed by atoms with Crippen LogP contribution in [0.3, 0.4) is 0 Å². The Morgan fingerprint density at radius 3 is 2.55 bits per heavy atom. The van der Waals surface area contributed by atoms with Crippen LogP contribution in [0.25, 0.3) is 0 Å². The molecule has 2 aromatic rings. The van der Waals surface area contributed by atoms with E-state index in [-0.39, 0.29) is 6.04 Å². The van der Waals surface area contributed by atoms with Crippen molar-refractivity contribution in [3.05, 3.63) is 57.7 Å². The Balaban J connectivity index is 2.41. The molecule has 5 heteroatoms. The fourth-order valence-electron chi connectivity index (χ4n) is 2.05. The van der Waals surface area contributed by atoms with Crippen LogP contribution in [-0.2, 0) is 0 Å². The summed E-state index contributed by atoms with van der Waals surface area (Å²) in [4.78, 5) is 4.13. The molecule has 106 valence electrons. The first kappa shape index (κ1) is 15.1. The number of anilines is 1. The van der Waals surface area contributed by atoms with E-state index in [1.165, 1.54) is 0 Å². The zero-order chi connectivity index (χ0) is 14.5. The van der Waals surface area contributed by atoms with E-state index in [0.29, 0.717) is 15.9 Å². The fourth-order valence-corrected chi connectivity index (χ4v) is 2.34. The van der Waals surface area contributed by atoms with Gasteiger partial charge < -0.3 is 11.1 Å². The molecule has 3 N–H and O–H groups in total. The number of benzene rings is 1. The molecule has 2 rings (SSSR count). The van der Waals surface area contributed by atoms with E-state index in [1.54, 1.807) is 6.20 Å². The molecule has 0 aliphatic heterocycles. The van der Waals surface area contributed by atoms with Gasteiger partial charge in [0.2, 0.25) is 0 Å². The first-order chi connectivity index (χ1) is 9.61. The molecule has 0 aliphatic rings. The zero-order valence-electron chi connectivity index (χ0n) is 11.2. The van der Waals surface area contributed by atoms with E-state index in [0.717, 1.165) is 24.1 Å². The third-order valence-corrected chi connectivity index (χ3v) is 3.49. The van der Waals surface area contributed by atoms with Crippen molar-refractivity contribution in [3.63, 3.8) is 0 Å². The summed E-state index contributed by atoms with van der Waals surface area (Å²) >= 11 is 12.0. The van der Waals surface area contributed by atoms with Crippen LogP contribution < -0.4 is 11.1 Å². The number of halogens is 2. The monoisotopic (exact) mass is 309 g/mol. The summed E-state index contributed by atoms with van der Waals surface area (Å²) in [6, 6.07) is 9.51. The number of aromatic nitrogens is 1. The molecular weight excluding hydrogens is 293 g/mol. The number of nitrogens with zero attached hydrogens (tertiary/aromatic N) is 1. The lowest BCUT2D eigenvalue weighted by molar-refractivity contribution is 0.598. The highest BCUT2D eigenvalue weighted by Gasteiger charge is 2.17. The molecule has 0 radical (unpaired) electrons. The lowest BCUT2D eigenvalue weighted by Crippen LogP contribution is -2.24. The summed E-state index contributed by atoms with van der Waals surface area (Å²) in [6.45, 7) is 2.99. The second-order valence-electron chi connectivity index (χ2n) is 4.57. The topological polar surface area (TPSA) is 50.9 Å². The summed E-state index contributed by atoms with van der Waals surface area (Å²) in [5.74, 6) is 0.484. The van der Waals surface area contributed by atoms with Crippen molar-refractivity contribution >= 4 is 29.0 Å². The SMILES string of the molecule is CCCNC(c1ccc(Cl)cc1)c1cc(Cl)cnc1N. The Kier molecular flexibility index (Phi) is 5.24. The molecular formula is C15H17Cl2N3. The molecule has 0 aliphatic carbocycles. The van der Waals surface area contributed by atoms with Crippen LogP contribution in [0.4, 0.5) is 5.82 Å². The molecule has 1 unspecified atom stereocenters. The first-order valence-electron chi connectivity index (χ1n) is 6.51. The minimum atomic E-state index is -0.0431. The van der Waals surface area contributed by atoms with Crippen LogP contribution in [0.1, 0.15) is 30.5 Å². The van der Waals surface area contributed by atoms with Crippen LogP contribution in [-0.4, -0.2) is 11.5 Å². The molecule has 1 aromatic carbocycles. The van der Waals surface area contributed by atoms with Gasteiger partial charge in [-0.25, -0.2) is 4.98 Å².